The number of para-hydroxylation sites is 1. The van der Waals surface area contributed by atoms with Crippen LogP contribution in [0.3, 0.4) is 0 Å². The molecule has 2 aromatic heterocycles. The van der Waals surface area contributed by atoms with Crippen molar-refractivity contribution in [3.8, 4) is 22.6 Å². The number of aromatic nitrogens is 1. The number of hydrogen-bond donors (Lipinski definition) is 3. The van der Waals surface area contributed by atoms with Crippen LogP contribution >= 0.6 is 11.3 Å². The summed E-state index contributed by atoms with van der Waals surface area (Å²) in [5.74, 6) is 1.89. The van der Waals surface area contributed by atoms with Crippen LogP contribution in [0.15, 0.2) is 96.5 Å². The first kappa shape index (κ1) is 20.5. The van der Waals surface area contributed by atoms with E-state index in [1.54, 1.807) is 29.7 Å². The zero-order chi connectivity index (χ0) is 22.6. The number of nitrogens with one attached hydrogen (secondary N) is 2. The first-order chi connectivity index (χ1) is 16.2. The van der Waals surface area contributed by atoms with E-state index in [-0.39, 0.29) is 6.03 Å². The molecule has 0 bridgehead atoms. The Balaban J connectivity index is 1.26. The van der Waals surface area contributed by atoms with Gasteiger partial charge in [0.2, 0.25) is 0 Å². The molecule has 2 heterocycles. The predicted molar refractivity (Wildman–Crippen MR) is 135 cm³/mol. The van der Waals surface area contributed by atoms with Gasteiger partial charge in [0.15, 0.2) is 0 Å². The molecule has 0 fully saturated rings. The zero-order valence-electron chi connectivity index (χ0n) is 17.5. The number of ether oxygens (including phenoxy) is 1. The van der Waals surface area contributed by atoms with Crippen LogP contribution in [-0.4, -0.2) is 11.0 Å². The number of pyridine rings is 1. The van der Waals surface area contributed by atoms with Gasteiger partial charge < -0.3 is 21.1 Å². The molecule has 2 amide bonds. The topological polar surface area (TPSA) is 89.3 Å². The quantitative estimate of drug-likeness (QED) is 0.268. The highest BCUT2D eigenvalue weighted by molar-refractivity contribution is 7.17. The molecule has 6 nitrogen and oxygen atoms in total. The molecule has 162 valence electrons. The van der Waals surface area contributed by atoms with E-state index in [0.717, 1.165) is 27.0 Å². The summed E-state index contributed by atoms with van der Waals surface area (Å²) < 4.78 is 6.92. The van der Waals surface area contributed by atoms with E-state index in [0.29, 0.717) is 22.9 Å². The number of anilines is 3. The Hall–Kier alpha value is -4.36. The van der Waals surface area contributed by atoms with Crippen molar-refractivity contribution in [2.75, 3.05) is 16.4 Å². The van der Waals surface area contributed by atoms with Crippen molar-refractivity contribution in [1.82, 2.24) is 4.98 Å². The van der Waals surface area contributed by atoms with Gasteiger partial charge in [-0.1, -0.05) is 36.4 Å². The number of urea groups is 1. The molecule has 7 heteroatoms. The molecule has 5 rings (SSSR count). The van der Waals surface area contributed by atoms with Crippen LogP contribution in [0.5, 0.6) is 11.5 Å². The van der Waals surface area contributed by atoms with Crippen molar-refractivity contribution in [3.63, 3.8) is 0 Å². The summed E-state index contributed by atoms with van der Waals surface area (Å²) in [5, 5.41) is 8.72. The van der Waals surface area contributed by atoms with E-state index >= 15 is 0 Å². The third-order valence-electron chi connectivity index (χ3n) is 5.04. The van der Waals surface area contributed by atoms with E-state index in [1.165, 1.54) is 0 Å². The molecular formula is C26H20N4O2S. The Bertz CT molecular complexity index is 1420. The van der Waals surface area contributed by atoms with E-state index in [2.05, 4.69) is 21.0 Å². The smallest absolute Gasteiger partial charge is 0.323 e. The number of nitrogen functional groups attached to an aromatic ring is 1. The standard InChI is InChI=1S/C26H20N4O2S/c27-25-24-22(16-33-23(24)13-14-28-25)17-9-11-18(12-10-17)29-26(31)30-19-5-4-8-21(15-19)32-20-6-2-1-3-7-20/h1-16H,(H2,27,28)(H2,29,30,31). The summed E-state index contributed by atoms with van der Waals surface area (Å²) in [7, 11) is 0. The maximum Gasteiger partial charge on any atom is 0.323 e. The number of carbonyl (C=O) groups excluding carboxylic acids is 1. The summed E-state index contributed by atoms with van der Waals surface area (Å²) in [6, 6.07) is 26.0. The van der Waals surface area contributed by atoms with Gasteiger partial charge in [0.1, 0.15) is 17.3 Å². The van der Waals surface area contributed by atoms with Crippen molar-refractivity contribution in [1.29, 1.82) is 0 Å². The molecule has 0 saturated carbocycles. The number of rotatable bonds is 5. The molecule has 0 unspecified atom stereocenters. The maximum absolute atomic E-state index is 12.5. The highest BCUT2D eigenvalue weighted by Gasteiger charge is 2.11. The molecule has 3 aromatic carbocycles. The van der Waals surface area contributed by atoms with E-state index in [1.807, 2.05) is 72.8 Å². The average Bonchev–Trinajstić information content (AvgIpc) is 3.26. The molecule has 0 aliphatic rings. The fraction of sp³-hybridized carbons (Fsp3) is 0. The van der Waals surface area contributed by atoms with Crippen molar-refractivity contribution in [3.05, 3.63) is 96.5 Å². The molecule has 0 spiro atoms. The van der Waals surface area contributed by atoms with Gasteiger partial charge in [-0.2, -0.15) is 0 Å². The Morgan fingerprint density at radius 1 is 0.848 bits per heavy atom. The summed E-state index contributed by atoms with van der Waals surface area (Å²) in [6.07, 6.45) is 1.72. The number of thiophene rings is 1. The van der Waals surface area contributed by atoms with E-state index < -0.39 is 0 Å². The van der Waals surface area contributed by atoms with Crippen LogP contribution in [0.4, 0.5) is 22.0 Å². The van der Waals surface area contributed by atoms with E-state index in [4.69, 9.17) is 10.5 Å². The lowest BCUT2D eigenvalue weighted by Crippen LogP contribution is -2.19. The largest absolute Gasteiger partial charge is 0.457 e. The highest BCUT2D eigenvalue weighted by atomic mass is 32.1. The number of amides is 2. The molecule has 0 aliphatic heterocycles. The molecular weight excluding hydrogens is 432 g/mol. The van der Waals surface area contributed by atoms with Crippen molar-refractivity contribution >= 4 is 44.6 Å². The number of benzene rings is 3. The lowest BCUT2D eigenvalue weighted by molar-refractivity contribution is 0.262. The monoisotopic (exact) mass is 452 g/mol. The van der Waals surface area contributed by atoms with Gasteiger partial charge in [-0.15, -0.1) is 11.3 Å². The molecule has 0 atom stereocenters. The number of carbonyl (C=O) groups is 1. The molecule has 4 N–H and O–H groups in total. The van der Waals surface area contributed by atoms with Crippen LogP contribution in [0.1, 0.15) is 0 Å². The van der Waals surface area contributed by atoms with E-state index in [9.17, 15) is 4.79 Å². The predicted octanol–water partition coefficient (Wildman–Crippen LogP) is 6.98. The van der Waals surface area contributed by atoms with Crippen LogP contribution in [-0.2, 0) is 0 Å². The third kappa shape index (κ3) is 4.63. The van der Waals surface area contributed by atoms with Gasteiger partial charge >= 0.3 is 6.03 Å². The lowest BCUT2D eigenvalue weighted by atomic mass is 10.1. The van der Waals surface area contributed by atoms with Gasteiger partial charge in [0, 0.05) is 39.3 Å². The van der Waals surface area contributed by atoms with Gasteiger partial charge in [-0.3, -0.25) is 0 Å². The molecule has 0 aliphatic carbocycles. The van der Waals surface area contributed by atoms with Crippen LogP contribution in [0.25, 0.3) is 21.2 Å². The second-order valence-corrected chi connectivity index (χ2v) is 8.23. The number of hydrogen-bond acceptors (Lipinski definition) is 5. The number of fused-ring (bicyclic) bond motifs is 1. The zero-order valence-corrected chi connectivity index (χ0v) is 18.3. The molecule has 33 heavy (non-hydrogen) atoms. The Kier molecular flexibility index (Phi) is 5.61. The first-order valence-electron chi connectivity index (χ1n) is 10.3. The minimum Gasteiger partial charge on any atom is -0.457 e. The van der Waals surface area contributed by atoms with Gasteiger partial charge in [0.05, 0.1) is 0 Å². The molecule has 5 aromatic rings. The summed E-state index contributed by atoms with van der Waals surface area (Å²) in [4.78, 5) is 16.7. The van der Waals surface area contributed by atoms with Crippen molar-refractivity contribution in [2.45, 2.75) is 0 Å². The summed E-state index contributed by atoms with van der Waals surface area (Å²) in [6.45, 7) is 0. The first-order valence-corrected chi connectivity index (χ1v) is 11.2. The fourth-order valence-electron chi connectivity index (χ4n) is 3.51. The minimum absolute atomic E-state index is 0.339. The Labute approximate surface area is 194 Å². The highest BCUT2D eigenvalue weighted by Crippen LogP contribution is 2.36. The Morgan fingerprint density at radius 3 is 2.42 bits per heavy atom. The Morgan fingerprint density at radius 2 is 1.61 bits per heavy atom. The summed E-state index contributed by atoms with van der Waals surface area (Å²) in [5.41, 5.74) is 9.44. The molecule has 0 saturated heterocycles. The second kappa shape index (κ2) is 9.02. The number of nitrogens with zero attached hydrogens (tertiary/aromatic N) is 1. The fourth-order valence-corrected chi connectivity index (χ4v) is 4.48. The van der Waals surface area contributed by atoms with Crippen LogP contribution < -0.4 is 21.1 Å². The SMILES string of the molecule is Nc1nccc2scc(-c3ccc(NC(=O)Nc4cccc(Oc5ccccc5)c4)cc3)c12. The van der Waals surface area contributed by atoms with Crippen LogP contribution in [0, 0.1) is 0 Å². The van der Waals surface area contributed by atoms with Crippen molar-refractivity contribution in [2.24, 2.45) is 0 Å². The van der Waals surface area contributed by atoms with Gasteiger partial charge in [-0.05, 0) is 53.4 Å². The lowest BCUT2D eigenvalue weighted by Gasteiger charge is -2.10. The van der Waals surface area contributed by atoms with Gasteiger partial charge in [0.25, 0.3) is 0 Å². The summed E-state index contributed by atoms with van der Waals surface area (Å²) >= 11 is 1.63. The normalized spacial score (nSPS) is 10.7. The maximum atomic E-state index is 12.5. The van der Waals surface area contributed by atoms with Crippen LogP contribution in [0.2, 0.25) is 0 Å². The minimum atomic E-state index is -0.339. The number of nitrogens with two attached hydrogens (primary N) is 1. The van der Waals surface area contributed by atoms with Crippen molar-refractivity contribution < 1.29 is 9.53 Å². The average molecular weight is 453 g/mol. The molecule has 0 radical (unpaired) electrons. The van der Waals surface area contributed by atoms with Gasteiger partial charge in [-0.25, -0.2) is 9.78 Å². The second-order valence-electron chi connectivity index (χ2n) is 7.32. The third-order valence-corrected chi connectivity index (χ3v) is 5.99.